The predicted octanol–water partition coefficient (Wildman–Crippen LogP) is 4.95. The number of fused-ring (bicyclic) bond motifs is 1. The maximum atomic E-state index is 13.4. The van der Waals surface area contributed by atoms with Crippen LogP contribution in [-0.2, 0) is 14.8 Å². The summed E-state index contributed by atoms with van der Waals surface area (Å²) in [5, 5.41) is 4.61. The fourth-order valence-electron chi connectivity index (χ4n) is 3.25. The van der Waals surface area contributed by atoms with Crippen molar-refractivity contribution < 1.29 is 22.0 Å². The fourth-order valence-corrected chi connectivity index (χ4v) is 4.68. The molecule has 5 nitrogen and oxygen atoms in total. The van der Waals surface area contributed by atoms with Gasteiger partial charge >= 0.3 is 0 Å². The number of nitrogens with zero attached hydrogens (tertiary/aromatic N) is 1. The third-order valence-electron chi connectivity index (χ3n) is 4.84. The lowest BCUT2D eigenvalue weighted by atomic mass is 10.1. The minimum absolute atomic E-state index is 0.101. The minimum Gasteiger partial charge on any atom is -0.324 e. The van der Waals surface area contributed by atoms with E-state index in [9.17, 15) is 22.0 Å². The number of amides is 1. The van der Waals surface area contributed by atoms with Gasteiger partial charge in [0.1, 0.15) is 18.2 Å². The van der Waals surface area contributed by atoms with Crippen molar-refractivity contribution in [3.05, 3.63) is 103 Å². The van der Waals surface area contributed by atoms with E-state index in [-0.39, 0.29) is 10.6 Å². The van der Waals surface area contributed by atoms with Gasteiger partial charge in [0.25, 0.3) is 10.0 Å². The Morgan fingerprint density at radius 2 is 1.38 bits per heavy atom. The Morgan fingerprint density at radius 3 is 2.03 bits per heavy atom. The first-order valence-corrected chi connectivity index (χ1v) is 11.1. The fraction of sp³-hybridized carbons (Fsp3) is 0.0417. The number of anilines is 2. The van der Waals surface area contributed by atoms with Crippen molar-refractivity contribution in [3.8, 4) is 0 Å². The number of carbonyl (C=O) groups excluding carboxylic acids is 1. The lowest BCUT2D eigenvalue weighted by molar-refractivity contribution is -0.114. The number of halogens is 2. The standard InChI is InChI=1S/C24H18F2N2O3S/c25-19-6-11-22(12-7-19)28(32(30,31)23-13-8-20(26)9-14-23)16-24(29)27-21-10-5-17-3-1-2-4-18(17)15-21/h1-15H,16H2,(H,27,29). The van der Waals surface area contributed by atoms with Crippen molar-refractivity contribution in [1.82, 2.24) is 0 Å². The molecule has 0 aliphatic carbocycles. The highest BCUT2D eigenvalue weighted by Gasteiger charge is 2.27. The summed E-state index contributed by atoms with van der Waals surface area (Å²) in [6.45, 7) is -0.557. The second-order valence-electron chi connectivity index (χ2n) is 7.05. The van der Waals surface area contributed by atoms with Gasteiger partial charge in [0.2, 0.25) is 5.91 Å². The molecule has 0 aliphatic rings. The number of rotatable bonds is 6. The first kappa shape index (κ1) is 21.5. The van der Waals surface area contributed by atoms with Crippen LogP contribution in [0.4, 0.5) is 20.2 Å². The molecule has 4 aromatic rings. The normalized spacial score (nSPS) is 11.3. The zero-order valence-corrected chi connectivity index (χ0v) is 17.5. The van der Waals surface area contributed by atoms with Gasteiger partial charge in [-0.05, 0) is 71.4 Å². The average molecular weight is 452 g/mol. The number of nitrogens with one attached hydrogen (secondary N) is 1. The highest BCUT2D eigenvalue weighted by atomic mass is 32.2. The van der Waals surface area contributed by atoms with E-state index in [4.69, 9.17) is 0 Å². The lowest BCUT2D eigenvalue weighted by Crippen LogP contribution is -2.38. The first-order chi connectivity index (χ1) is 15.3. The van der Waals surface area contributed by atoms with Crippen LogP contribution in [0.25, 0.3) is 10.8 Å². The molecule has 0 aliphatic heterocycles. The smallest absolute Gasteiger partial charge is 0.264 e. The van der Waals surface area contributed by atoms with Crippen LogP contribution in [0.3, 0.4) is 0 Å². The lowest BCUT2D eigenvalue weighted by Gasteiger charge is -2.24. The predicted molar refractivity (Wildman–Crippen MR) is 120 cm³/mol. The van der Waals surface area contributed by atoms with E-state index < -0.39 is 34.1 Å². The topological polar surface area (TPSA) is 66.5 Å². The molecule has 8 heteroatoms. The monoisotopic (exact) mass is 452 g/mol. The summed E-state index contributed by atoms with van der Waals surface area (Å²) >= 11 is 0. The number of hydrogen-bond acceptors (Lipinski definition) is 3. The zero-order chi connectivity index (χ0) is 22.7. The highest BCUT2D eigenvalue weighted by molar-refractivity contribution is 7.92. The van der Waals surface area contributed by atoms with Gasteiger partial charge in [0.05, 0.1) is 10.6 Å². The molecule has 0 fully saturated rings. The van der Waals surface area contributed by atoms with Crippen molar-refractivity contribution in [2.45, 2.75) is 4.90 Å². The van der Waals surface area contributed by atoms with Gasteiger partial charge < -0.3 is 5.32 Å². The zero-order valence-electron chi connectivity index (χ0n) is 16.7. The maximum Gasteiger partial charge on any atom is 0.264 e. The molecular weight excluding hydrogens is 434 g/mol. The summed E-state index contributed by atoms with van der Waals surface area (Å²) in [6, 6.07) is 22.0. The van der Waals surface area contributed by atoms with Gasteiger partial charge in [-0.2, -0.15) is 0 Å². The third kappa shape index (κ3) is 4.60. The molecular formula is C24H18F2N2O3S. The van der Waals surface area contributed by atoms with Gasteiger partial charge in [-0.25, -0.2) is 17.2 Å². The van der Waals surface area contributed by atoms with Gasteiger partial charge in [-0.3, -0.25) is 9.10 Å². The number of hydrogen-bond donors (Lipinski definition) is 1. The molecule has 162 valence electrons. The summed E-state index contributed by atoms with van der Waals surface area (Å²) < 4.78 is 54.0. The molecule has 0 aromatic heterocycles. The Morgan fingerprint density at radius 1 is 0.781 bits per heavy atom. The van der Waals surface area contributed by atoms with Crippen LogP contribution in [0.15, 0.2) is 95.9 Å². The van der Waals surface area contributed by atoms with Crippen LogP contribution < -0.4 is 9.62 Å². The van der Waals surface area contributed by atoms with E-state index in [1.807, 2.05) is 30.3 Å². The number of benzene rings is 4. The minimum atomic E-state index is -4.22. The Labute approximate surface area is 184 Å². The van der Waals surface area contributed by atoms with E-state index >= 15 is 0 Å². The van der Waals surface area contributed by atoms with Crippen LogP contribution in [0.5, 0.6) is 0 Å². The summed E-state index contributed by atoms with van der Waals surface area (Å²) in [5.74, 6) is -1.73. The highest BCUT2D eigenvalue weighted by Crippen LogP contribution is 2.25. The van der Waals surface area contributed by atoms with E-state index in [0.29, 0.717) is 5.69 Å². The molecule has 0 radical (unpaired) electrons. The maximum absolute atomic E-state index is 13.4. The van der Waals surface area contributed by atoms with Crippen molar-refractivity contribution in [1.29, 1.82) is 0 Å². The largest absolute Gasteiger partial charge is 0.324 e. The summed E-state index contributed by atoms with van der Waals surface area (Å²) in [4.78, 5) is 12.6. The molecule has 0 unspecified atom stereocenters. The molecule has 0 bridgehead atoms. The molecule has 4 aromatic carbocycles. The second kappa shape index (κ2) is 8.76. The molecule has 1 amide bonds. The molecule has 0 heterocycles. The van der Waals surface area contributed by atoms with E-state index in [1.54, 1.807) is 12.1 Å². The van der Waals surface area contributed by atoms with Gasteiger partial charge in [0.15, 0.2) is 0 Å². The van der Waals surface area contributed by atoms with Crippen molar-refractivity contribution in [2.24, 2.45) is 0 Å². The van der Waals surface area contributed by atoms with E-state index in [1.165, 1.54) is 12.1 Å². The molecule has 0 atom stereocenters. The molecule has 0 saturated carbocycles. The van der Waals surface area contributed by atoms with Crippen LogP contribution >= 0.6 is 0 Å². The van der Waals surface area contributed by atoms with Gasteiger partial charge in [0, 0.05) is 5.69 Å². The van der Waals surface area contributed by atoms with E-state index in [2.05, 4.69) is 5.32 Å². The van der Waals surface area contributed by atoms with E-state index in [0.717, 1.165) is 51.5 Å². The second-order valence-corrected chi connectivity index (χ2v) is 8.91. The van der Waals surface area contributed by atoms with Crippen molar-refractivity contribution in [3.63, 3.8) is 0 Å². The quantitative estimate of drug-likeness (QED) is 0.450. The Bertz CT molecular complexity index is 1370. The van der Waals surface area contributed by atoms with Gasteiger partial charge in [-0.1, -0.05) is 30.3 Å². The number of sulfonamides is 1. The van der Waals surface area contributed by atoms with Crippen molar-refractivity contribution in [2.75, 3.05) is 16.2 Å². The van der Waals surface area contributed by atoms with Crippen LogP contribution in [0.1, 0.15) is 0 Å². The Hall–Kier alpha value is -3.78. The Balaban J connectivity index is 1.64. The van der Waals surface area contributed by atoms with Crippen LogP contribution in [0, 0.1) is 11.6 Å². The van der Waals surface area contributed by atoms with Crippen LogP contribution in [-0.4, -0.2) is 20.9 Å². The Kier molecular flexibility index (Phi) is 5.87. The van der Waals surface area contributed by atoms with Crippen LogP contribution in [0.2, 0.25) is 0 Å². The van der Waals surface area contributed by atoms with Crippen molar-refractivity contribution >= 4 is 38.1 Å². The summed E-state index contributed by atoms with van der Waals surface area (Å²) in [7, 11) is -4.22. The molecule has 4 rings (SSSR count). The molecule has 32 heavy (non-hydrogen) atoms. The van der Waals surface area contributed by atoms with Gasteiger partial charge in [-0.15, -0.1) is 0 Å². The summed E-state index contributed by atoms with van der Waals surface area (Å²) in [5.41, 5.74) is 0.608. The first-order valence-electron chi connectivity index (χ1n) is 9.65. The third-order valence-corrected chi connectivity index (χ3v) is 6.62. The summed E-state index contributed by atoms with van der Waals surface area (Å²) in [6.07, 6.45) is 0. The average Bonchev–Trinajstić information content (AvgIpc) is 2.78. The SMILES string of the molecule is O=C(CN(c1ccc(F)cc1)S(=O)(=O)c1ccc(F)cc1)Nc1ccc2ccccc2c1. The molecule has 0 saturated heterocycles. The molecule has 1 N–H and O–H groups in total. The molecule has 0 spiro atoms. The number of carbonyl (C=O) groups is 1.